The molecule has 2 heteroatoms. The Hall–Kier alpha value is -7.42. The van der Waals surface area contributed by atoms with E-state index in [0.29, 0.717) is 0 Å². The van der Waals surface area contributed by atoms with Crippen LogP contribution in [0.5, 0.6) is 0 Å². The third-order valence-corrected chi connectivity index (χ3v) is 13.9. The van der Waals surface area contributed by atoms with Gasteiger partial charge in [0.2, 0.25) is 0 Å². The van der Waals surface area contributed by atoms with E-state index in [-0.39, 0.29) is 10.8 Å². The van der Waals surface area contributed by atoms with Crippen LogP contribution in [0, 0.1) is 0 Å². The maximum atomic E-state index is 5.32. The summed E-state index contributed by atoms with van der Waals surface area (Å²) >= 11 is 0. The summed E-state index contributed by atoms with van der Waals surface area (Å²) in [5.74, 6) is 0.720. The molecule has 0 radical (unpaired) electrons. The average Bonchev–Trinajstić information content (AvgIpc) is 3.69. The van der Waals surface area contributed by atoms with Crippen molar-refractivity contribution in [3.63, 3.8) is 0 Å². The molecule has 9 aromatic carbocycles. The molecule has 1 heterocycles. The molecule has 0 bridgehead atoms. The number of rotatable bonds is 5. The first-order chi connectivity index (χ1) is 30.2. The molecule has 0 saturated carbocycles. The third kappa shape index (κ3) is 5.56. The number of nitrogens with zero attached hydrogens (tertiary/aromatic N) is 2. The summed E-state index contributed by atoms with van der Waals surface area (Å²) in [6, 6.07) is 71.1. The van der Waals surface area contributed by atoms with E-state index in [1.165, 1.54) is 88.3 Å². The van der Waals surface area contributed by atoms with Gasteiger partial charge in [-0.3, -0.25) is 0 Å². The molecule has 0 spiro atoms. The molecule has 0 amide bonds. The molecule has 0 fully saturated rings. The van der Waals surface area contributed by atoms with Gasteiger partial charge in [0.25, 0.3) is 0 Å². The molecule has 294 valence electrons. The van der Waals surface area contributed by atoms with Crippen LogP contribution in [0.2, 0.25) is 0 Å². The van der Waals surface area contributed by atoms with Gasteiger partial charge in [-0.05, 0) is 125 Å². The van der Waals surface area contributed by atoms with Gasteiger partial charge in [-0.2, -0.15) is 0 Å². The zero-order valence-electron chi connectivity index (χ0n) is 35.4. The lowest BCUT2D eigenvalue weighted by Crippen LogP contribution is -2.14. The van der Waals surface area contributed by atoms with Crippen molar-refractivity contribution in [1.29, 1.82) is 0 Å². The van der Waals surface area contributed by atoms with Crippen molar-refractivity contribution in [3.05, 3.63) is 216 Å². The lowest BCUT2D eigenvalue weighted by Gasteiger charge is -2.22. The van der Waals surface area contributed by atoms with Crippen molar-refractivity contribution in [1.82, 2.24) is 9.97 Å². The number of fused-ring (bicyclic) bond motifs is 8. The maximum Gasteiger partial charge on any atom is 0.160 e. The maximum absolute atomic E-state index is 5.32. The minimum Gasteiger partial charge on any atom is -0.228 e. The summed E-state index contributed by atoms with van der Waals surface area (Å²) in [6.45, 7) is 9.39. The zero-order chi connectivity index (χ0) is 41.7. The van der Waals surface area contributed by atoms with E-state index < -0.39 is 0 Å². The fourth-order valence-corrected chi connectivity index (χ4v) is 10.6. The van der Waals surface area contributed by atoms with Gasteiger partial charge in [-0.15, -0.1) is 0 Å². The first-order valence-corrected chi connectivity index (χ1v) is 21.7. The van der Waals surface area contributed by atoms with Crippen LogP contribution in [0.4, 0.5) is 0 Å². The Morgan fingerprint density at radius 2 is 0.806 bits per heavy atom. The van der Waals surface area contributed by atoms with Crippen molar-refractivity contribution in [2.75, 3.05) is 0 Å². The van der Waals surface area contributed by atoms with Gasteiger partial charge in [0, 0.05) is 27.5 Å². The van der Waals surface area contributed by atoms with Crippen LogP contribution in [-0.2, 0) is 10.8 Å². The highest BCUT2D eigenvalue weighted by Gasteiger charge is 2.38. The molecule has 2 aliphatic carbocycles. The highest BCUT2D eigenvalue weighted by atomic mass is 14.9. The fourth-order valence-electron chi connectivity index (χ4n) is 10.6. The van der Waals surface area contributed by atoms with E-state index in [9.17, 15) is 0 Å². The SMILES string of the molecule is CC1(C)c2ccccc2-c2c(-c3cccc(-c4ccc5cc(-c6cc(-c7cccc8c7-c7cc9ccccc9cc7C8(C)C)nc(-c7ccccc7)n6)ccc5c4)c3)cccc21. The molecule has 0 saturated heterocycles. The van der Waals surface area contributed by atoms with Gasteiger partial charge in [0.15, 0.2) is 5.82 Å². The van der Waals surface area contributed by atoms with E-state index in [1.54, 1.807) is 0 Å². The third-order valence-electron chi connectivity index (χ3n) is 13.9. The van der Waals surface area contributed by atoms with Crippen LogP contribution in [0.15, 0.2) is 194 Å². The predicted molar refractivity (Wildman–Crippen MR) is 259 cm³/mol. The summed E-state index contributed by atoms with van der Waals surface area (Å²) in [4.78, 5) is 10.6. The topological polar surface area (TPSA) is 25.8 Å². The highest BCUT2D eigenvalue weighted by molar-refractivity contribution is 5.99. The molecule has 1 aromatic heterocycles. The quantitative estimate of drug-likeness (QED) is 0.173. The van der Waals surface area contributed by atoms with Crippen molar-refractivity contribution in [2.24, 2.45) is 0 Å². The minimum atomic E-state index is -0.146. The molecule has 2 nitrogen and oxygen atoms in total. The second-order valence-electron chi connectivity index (χ2n) is 18.2. The Kier molecular flexibility index (Phi) is 7.96. The predicted octanol–water partition coefficient (Wildman–Crippen LogP) is 15.7. The van der Waals surface area contributed by atoms with Crippen molar-refractivity contribution >= 4 is 21.5 Å². The second-order valence-corrected chi connectivity index (χ2v) is 18.2. The first-order valence-electron chi connectivity index (χ1n) is 21.7. The monoisotopic (exact) mass is 792 g/mol. The van der Waals surface area contributed by atoms with Gasteiger partial charge in [-0.1, -0.05) is 185 Å². The molecule has 12 rings (SSSR count). The largest absolute Gasteiger partial charge is 0.228 e. The van der Waals surface area contributed by atoms with Crippen LogP contribution in [0.3, 0.4) is 0 Å². The van der Waals surface area contributed by atoms with Gasteiger partial charge < -0.3 is 0 Å². The lowest BCUT2D eigenvalue weighted by atomic mass is 9.81. The van der Waals surface area contributed by atoms with Crippen LogP contribution in [-0.4, -0.2) is 9.97 Å². The summed E-state index contributed by atoms with van der Waals surface area (Å²) < 4.78 is 0. The summed E-state index contributed by atoms with van der Waals surface area (Å²) in [5, 5.41) is 4.89. The van der Waals surface area contributed by atoms with Crippen LogP contribution >= 0.6 is 0 Å². The van der Waals surface area contributed by atoms with Crippen LogP contribution in [0.1, 0.15) is 49.9 Å². The van der Waals surface area contributed by atoms with Crippen molar-refractivity contribution in [2.45, 2.75) is 38.5 Å². The van der Waals surface area contributed by atoms with Crippen LogP contribution in [0.25, 0.3) is 100.0 Å². The Bertz CT molecular complexity index is 3460. The number of aromatic nitrogens is 2. The Labute approximate surface area is 363 Å². The van der Waals surface area contributed by atoms with E-state index >= 15 is 0 Å². The lowest BCUT2D eigenvalue weighted by molar-refractivity contribution is 0.660. The zero-order valence-corrected chi connectivity index (χ0v) is 35.4. The number of hydrogen-bond donors (Lipinski definition) is 0. The Balaban J connectivity index is 0.948. The van der Waals surface area contributed by atoms with Gasteiger partial charge in [-0.25, -0.2) is 9.97 Å². The molecule has 0 N–H and O–H groups in total. The van der Waals surface area contributed by atoms with Crippen LogP contribution < -0.4 is 0 Å². The Morgan fingerprint density at radius 1 is 0.290 bits per heavy atom. The average molecular weight is 793 g/mol. The van der Waals surface area contributed by atoms with E-state index in [4.69, 9.17) is 9.97 Å². The summed E-state index contributed by atoms with van der Waals surface area (Å²) in [5.41, 5.74) is 20.5. The minimum absolute atomic E-state index is 0.0338. The molecule has 2 aliphatic rings. The van der Waals surface area contributed by atoms with E-state index in [1.807, 2.05) is 6.07 Å². The molecule has 10 aromatic rings. The fraction of sp³-hybridized carbons (Fsp3) is 0.100. The van der Waals surface area contributed by atoms with Crippen molar-refractivity contribution < 1.29 is 0 Å². The van der Waals surface area contributed by atoms with Gasteiger partial charge >= 0.3 is 0 Å². The summed E-state index contributed by atoms with van der Waals surface area (Å²) in [7, 11) is 0. The first kappa shape index (κ1) is 36.4. The Morgan fingerprint density at radius 3 is 1.60 bits per heavy atom. The standard InChI is InChI=1S/C60H44N2/c1-59(2)50-24-11-10-21-47(50)56-46(22-13-25-51(56)59)44-20-12-19-38(32-44)41-27-28-43-33-45(30-29-42(43)31-41)54-36-55(62-58(61-54)37-15-6-5-7-16-37)48-23-14-26-52-57(48)49-34-39-17-8-9-18-40(39)35-53(49)60(52,3)4/h5-36H,1-4H3. The van der Waals surface area contributed by atoms with E-state index in [0.717, 1.165) is 33.9 Å². The molecular weight excluding hydrogens is 749 g/mol. The number of benzene rings is 9. The smallest absolute Gasteiger partial charge is 0.160 e. The highest BCUT2D eigenvalue weighted by Crippen LogP contribution is 2.54. The van der Waals surface area contributed by atoms with E-state index in [2.05, 4.69) is 216 Å². The normalized spacial score (nSPS) is 14.1. The molecule has 0 unspecified atom stereocenters. The number of hydrogen-bond acceptors (Lipinski definition) is 2. The van der Waals surface area contributed by atoms with Gasteiger partial charge in [0.1, 0.15) is 0 Å². The van der Waals surface area contributed by atoms with Crippen molar-refractivity contribution in [3.8, 4) is 78.4 Å². The molecule has 0 atom stereocenters. The molecule has 0 aliphatic heterocycles. The molecule has 62 heavy (non-hydrogen) atoms. The summed E-state index contributed by atoms with van der Waals surface area (Å²) in [6.07, 6.45) is 0. The van der Waals surface area contributed by atoms with Gasteiger partial charge in [0.05, 0.1) is 11.4 Å². The molecular formula is C60H44N2. The second kappa shape index (κ2) is 13.5.